The molecular weight excluding hydrogens is 216 g/mol. The first-order valence-electron chi connectivity index (χ1n) is 6.05. The number of carbonyl (C=O) groups is 1. The van der Waals surface area contributed by atoms with Crippen LogP contribution in [0.2, 0.25) is 0 Å². The topological polar surface area (TPSA) is 50.7 Å². The molecule has 4 heteroatoms. The molecule has 0 aromatic carbocycles. The molecule has 1 N–H and O–H groups in total. The highest BCUT2D eigenvalue weighted by atomic mass is 16.6. The lowest BCUT2D eigenvalue weighted by Gasteiger charge is -2.21. The van der Waals surface area contributed by atoms with Crippen LogP contribution >= 0.6 is 0 Å². The Morgan fingerprint density at radius 3 is 3.00 bits per heavy atom. The van der Waals surface area contributed by atoms with Gasteiger partial charge in [0.15, 0.2) is 0 Å². The van der Waals surface area contributed by atoms with Gasteiger partial charge in [-0.15, -0.1) is 0 Å². The lowest BCUT2D eigenvalue weighted by Crippen LogP contribution is -2.41. The van der Waals surface area contributed by atoms with E-state index < -0.39 is 0 Å². The molecule has 0 unspecified atom stereocenters. The monoisotopic (exact) mass is 236 g/mol. The van der Waals surface area contributed by atoms with Gasteiger partial charge in [0.2, 0.25) is 5.91 Å². The van der Waals surface area contributed by atoms with E-state index in [2.05, 4.69) is 22.3 Å². The third-order valence-corrected chi connectivity index (χ3v) is 2.56. The second-order valence-corrected chi connectivity index (χ2v) is 4.46. The summed E-state index contributed by atoms with van der Waals surface area (Å²) in [5.41, 5.74) is 0.745. The van der Waals surface area contributed by atoms with Crippen LogP contribution in [0.1, 0.15) is 40.0 Å². The minimum absolute atomic E-state index is 0.0861. The minimum Gasteiger partial charge on any atom is -0.393 e. The predicted octanol–water partition coefficient (Wildman–Crippen LogP) is 1.71. The second-order valence-electron chi connectivity index (χ2n) is 4.46. The van der Waals surface area contributed by atoms with Crippen molar-refractivity contribution in [3.05, 3.63) is 0 Å². The van der Waals surface area contributed by atoms with Gasteiger partial charge < -0.3 is 10.2 Å². The van der Waals surface area contributed by atoms with Gasteiger partial charge in [0.05, 0.1) is 6.04 Å². The first kappa shape index (κ1) is 13.6. The fourth-order valence-electron chi connectivity index (χ4n) is 1.60. The molecule has 1 amide bonds. The molecule has 1 atom stereocenters. The van der Waals surface area contributed by atoms with Crippen LogP contribution in [0.25, 0.3) is 0 Å². The molecule has 0 spiro atoms. The predicted molar refractivity (Wildman–Crippen MR) is 67.5 cm³/mol. The fraction of sp³-hybridized carbons (Fsp3) is 0.692. The van der Waals surface area contributed by atoms with E-state index in [0.29, 0.717) is 13.0 Å². The molecule has 1 fully saturated rings. The highest BCUT2D eigenvalue weighted by molar-refractivity contribution is 6.01. The number of hydrogen-bond acceptors (Lipinski definition) is 3. The average Bonchev–Trinajstić information content (AvgIpc) is 2.28. The van der Waals surface area contributed by atoms with Crippen molar-refractivity contribution >= 4 is 11.6 Å². The molecule has 1 aliphatic rings. The Balaban J connectivity index is 2.40. The third kappa shape index (κ3) is 4.90. The molecule has 0 aromatic heterocycles. The summed E-state index contributed by atoms with van der Waals surface area (Å²) in [6.45, 7) is 6.25. The smallest absolute Gasteiger partial charge is 0.220 e. The normalized spacial score (nSPS) is 20.6. The van der Waals surface area contributed by atoms with Gasteiger partial charge in [-0.3, -0.25) is 4.79 Å². The number of hydrogen-bond donors (Lipinski definition) is 1. The number of amides is 1. The van der Waals surface area contributed by atoms with Crippen molar-refractivity contribution < 1.29 is 9.63 Å². The van der Waals surface area contributed by atoms with Crippen LogP contribution in [0.15, 0.2) is 5.16 Å². The fourth-order valence-corrected chi connectivity index (χ4v) is 1.60. The van der Waals surface area contributed by atoms with Crippen molar-refractivity contribution in [1.82, 2.24) is 5.32 Å². The molecule has 17 heavy (non-hydrogen) atoms. The van der Waals surface area contributed by atoms with E-state index in [9.17, 15) is 4.79 Å². The molecule has 94 valence electrons. The van der Waals surface area contributed by atoms with E-state index in [1.165, 1.54) is 0 Å². The van der Waals surface area contributed by atoms with Gasteiger partial charge in [-0.2, -0.15) is 0 Å². The van der Waals surface area contributed by atoms with Gasteiger partial charge in [0, 0.05) is 12.3 Å². The molecule has 1 saturated heterocycles. The van der Waals surface area contributed by atoms with E-state index in [4.69, 9.17) is 4.84 Å². The number of nitrogens with zero attached hydrogens (tertiary/aromatic N) is 1. The standard InChI is InChI=1S/C13H20N2O2/c1-4-6-12(10(2)3)15-17-9-11-7-5-8-13(16)14-11/h10-11H,5,7-9H2,1-3H3,(H,14,16)/b15-12+/t11-/m0/s1. The number of oxime groups is 1. The van der Waals surface area contributed by atoms with Crippen molar-refractivity contribution in [2.24, 2.45) is 11.1 Å². The van der Waals surface area contributed by atoms with Crippen molar-refractivity contribution in [3.8, 4) is 11.8 Å². The lowest BCUT2D eigenvalue weighted by molar-refractivity contribution is -0.123. The summed E-state index contributed by atoms with van der Waals surface area (Å²) in [7, 11) is 0. The van der Waals surface area contributed by atoms with Gasteiger partial charge in [-0.05, 0) is 25.7 Å². The number of piperidine rings is 1. The van der Waals surface area contributed by atoms with Crippen molar-refractivity contribution in [2.75, 3.05) is 6.61 Å². The Morgan fingerprint density at radius 1 is 1.65 bits per heavy atom. The Hall–Kier alpha value is -1.50. The number of nitrogens with one attached hydrogen (secondary N) is 1. The van der Waals surface area contributed by atoms with E-state index in [1.807, 2.05) is 13.8 Å². The average molecular weight is 236 g/mol. The zero-order chi connectivity index (χ0) is 12.7. The molecular formula is C13H20N2O2. The Bertz CT molecular complexity index is 350. The van der Waals surface area contributed by atoms with Crippen molar-refractivity contribution in [1.29, 1.82) is 0 Å². The van der Waals surface area contributed by atoms with E-state index in [1.54, 1.807) is 6.92 Å². The Kier molecular flexibility index (Phi) is 5.55. The Labute approximate surface area is 103 Å². The van der Waals surface area contributed by atoms with Crippen molar-refractivity contribution in [3.63, 3.8) is 0 Å². The van der Waals surface area contributed by atoms with Crippen molar-refractivity contribution in [2.45, 2.75) is 46.1 Å². The number of rotatable bonds is 4. The first-order valence-corrected chi connectivity index (χ1v) is 6.05. The van der Waals surface area contributed by atoms with Gasteiger partial charge >= 0.3 is 0 Å². The molecule has 0 bridgehead atoms. The maximum Gasteiger partial charge on any atom is 0.220 e. The number of carbonyl (C=O) groups excluding carboxylic acids is 1. The molecule has 0 radical (unpaired) electrons. The van der Waals surface area contributed by atoms with E-state index >= 15 is 0 Å². The molecule has 1 rings (SSSR count). The highest BCUT2D eigenvalue weighted by Crippen LogP contribution is 2.08. The summed E-state index contributed by atoms with van der Waals surface area (Å²) >= 11 is 0. The minimum atomic E-state index is 0.0861. The van der Waals surface area contributed by atoms with Gasteiger partial charge in [0.1, 0.15) is 12.3 Å². The molecule has 1 heterocycles. The maximum atomic E-state index is 11.2. The SMILES string of the molecule is CC#C/C(=N\OC[C@@H]1CCCC(=O)N1)C(C)C. The summed E-state index contributed by atoms with van der Waals surface area (Å²) in [6, 6.07) is 0.0861. The van der Waals surface area contributed by atoms with E-state index in [0.717, 1.165) is 18.6 Å². The van der Waals surface area contributed by atoms with Gasteiger partial charge in [-0.1, -0.05) is 24.9 Å². The summed E-state index contributed by atoms with van der Waals surface area (Å²) in [5.74, 6) is 6.09. The van der Waals surface area contributed by atoms with Gasteiger partial charge in [-0.25, -0.2) is 0 Å². The van der Waals surface area contributed by atoms with Crippen LogP contribution in [-0.2, 0) is 9.63 Å². The Morgan fingerprint density at radius 2 is 2.41 bits per heavy atom. The molecule has 1 aliphatic heterocycles. The van der Waals surface area contributed by atoms with Crippen LogP contribution in [0.5, 0.6) is 0 Å². The molecule has 4 nitrogen and oxygen atoms in total. The second kappa shape index (κ2) is 6.95. The van der Waals surface area contributed by atoms with Crippen LogP contribution in [0.3, 0.4) is 0 Å². The quantitative estimate of drug-likeness (QED) is 0.459. The largest absolute Gasteiger partial charge is 0.393 e. The van der Waals surface area contributed by atoms with Crippen LogP contribution in [0.4, 0.5) is 0 Å². The third-order valence-electron chi connectivity index (χ3n) is 2.56. The zero-order valence-electron chi connectivity index (χ0n) is 10.7. The summed E-state index contributed by atoms with van der Waals surface area (Å²) < 4.78 is 0. The molecule has 0 aliphatic carbocycles. The summed E-state index contributed by atoms with van der Waals surface area (Å²) in [4.78, 5) is 16.4. The lowest BCUT2D eigenvalue weighted by atomic mass is 10.1. The van der Waals surface area contributed by atoms with Crippen LogP contribution < -0.4 is 5.32 Å². The maximum absolute atomic E-state index is 11.2. The summed E-state index contributed by atoms with van der Waals surface area (Å²) in [5, 5.41) is 6.91. The summed E-state index contributed by atoms with van der Waals surface area (Å²) in [6.07, 6.45) is 2.51. The van der Waals surface area contributed by atoms with Gasteiger partial charge in [0.25, 0.3) is 0 Å². The highest BCUT2D eigenvalue weighted by Gasteiger charge is 2.18. The van der Waals surface area contributed by atoms with Crippen LogP contribution in [-0.4, -0.2) is 24.3 Å². The molecule has 0 saturated carbocycles. The zero-order valence-corrected chi connectivity index (χ0v) is 10.7. The molecule has 0 aromatic rings. The van der Waals surface area contributed by atoms with E-state index in [-0.39, 0.29) is 17.9 Å². The first-order chi connectivity index (χ1) is 8.13. The van der Waals surface area contributed by atoms with Crippen LogP contribution in [0, 0.1) is 17.8 Å².